The number of fused-ring (bicyclic) bond motifs is 1. The lowest BCUT2D eigenvalue weighted by atomic mass is 10.1. The Morgan fingerprint density at radius 1 is 1.12 bits per heavy atom. The van der Waals surface area contributed by atoms with Gasteiger partial charge in [-0.1, -0.05) is 42.5 Å². The Kier molecular flexibility index (Phi) is 5.29. The first-order valence-corrected chi connectivity index (χ1v) is 8.22. The van der Waals surface area contributed by atoms with Gasteiger partial charge in [0.15, 0.2) is 0 Å². The molecule has 4 heteroatoms. The molecule has 3 rings (SSSR count). The molecular weight excluding hydrogens is 300 g/mol. The highest BCUT2D eigenvalue weighted by molar-refractivity contribution is 5.79. The van der Waals surface area contributed by atoms with Crippen molar-refractivity contribution in [1.82, 2.24) is 9.78 Å². The van der Waals surface area contributed by atoms with E-state index in [9.17, 15) is 4.79 Å². The molecular formula is C20H22N2O2. The van der Waals surface area contributed by atoms with Crippen LogP contribution in [0, 0.1) is 0 Å². The maximum atomic E-state index is 12.2. The maximum Gasteiger partial charge on any atom is 0.271 e. The maximum absolute atomic E-state index is 12.2. The lowest BCUT2D eigenvalue weighted by molar-refractivity contribution is 0.160. The van der Waals surface area contributed by atoms with Crippen LogP contribution >= 0.6 is 0 Å². The molecule has 0 bridgehead atoms. The van der Waals surface area contributed by atoms with Gasteiger partial charge in [-0.2, -0.15) is 0 Å². The summed E-state index contributed by atoms with van der Waals surface area (Å²) in [5.41, 5.74) is 3.22. The normalized spacial score (nSPS) is 11.0. The van der Waals surface area contributed by atoms with Crippen LogP contribution in [-0.2, 0) is 17.7 Å². The highest BCUT2D eigenvalue weighted by atomic mass is 16.5. The molecule has 0 saturated carbocycles. The fourth-order valence-electron chi connectivity index (χ4n) is 2.83. The summed E-state index contributed by atoms with van der Waals surface area (Å²) < 4.78 is 7.30. The zero-order chi connectivity index (χ0) is 16.8. The molecule has 0 atom stereocenters. The predicted octanol–water partition coefficient (Wildman–Crippen LogP) is 3.51. The van der Waals surface area contributed by atoms with Crippen LogP contribution in [0.25, 0.3) is 10.9 Å². The summed E-state index contributed by atoms with van der Waals surface area (Å²) in [6, 6.07) is 16.2. The fourth-order valence-corrected chi connectivity index (χ4v) is 2.83. The lowest BCUT2D eigenvalue weighted by Crippen LogP contribution is -2.06. The van der Waals surface area contributed by atoms with Crippen molar-refractivity contribution in [3.05, 3.63) is 82.7 Å². The van der Waals surface area contributed by atoms with Crippen LogP contribution in [0.15, 0.2) is 66.0 Å². The van der Waals surface area contributed by atoms with Crippen molar-refractivity contribution in [1.29, 1.82) is 0 Å². The van der Waals surface area contributed by atoms with Gasteiger partial charge in [0.1, 0.15) is 0 Å². The van der Waals surface area contributed by atoms with E-state index >= 15 is 0 Å². The Morgan fingerprint density at radius 3 is 2.75 bits per heavy atom. The van der Waals surface area contributed by atoms with Crippen molar-refractivity contribution < 1.29 is 4.74 Å². The molecule has 0 spiro atoms. The summed E-state index contributed by atoms with van der Waals surface area (Å²) in [5, 5.41) is 3.68. The molecule has 0 saturated heterocycles. The van der Waals surface area contributed by atoms with Gasteiger partial charge in [0.05, 0.1) is 24.1 Å². The molecule has 4 nitrogen and oxygen atoms in total. The van der Waals surface area contributed by atoms with Crippen LogP contribution in [-0.4, -0.2) is 23.0 Å². The zero-order valence-electron chi connectivity index (χ0n) is 13.7. The van der Waals surface area contributed by atoms with Crippen LogP contribution in [0.2, 0.25) is 0 Å². The Morgan fingerprint density at radius 2 is 1.96 bits per heavy atom. The van der Waals surface area contributed by atoms with Crippen molar-refractivity contribution in [2.24, 2.45) is 0 Å². The molecule has 2 aromatic carbocycles. The fraction of sp³-hybridized carbons (Fsp3) is 0.250. The molecule has 24 heavy (non-hydrogen) atoms. The third kappa shape index (κ3) is 3.84. The van der Waals surface area contributed by atoms with Crippen molar-refractivity contribution in [2.45, 2.75) is 19.4 Å². The van der Waals surface area contributed by atoms with Crippen molar-refractivity contribution in [3.8, 4) is 0 Å². The van der Waals surface area contributed by atoms with E-state index < -0.39 is 0 Å². The van der Waals surface area contributed by atoms with Gasteiger partial charge in [-0.05, 0) is 36.1 Å². The number of ether oxygens (including phenoxy) is 1. The molecule has 1 N–H and O–H groups in total. The van der Waals surface area contributed by atoms with Crippen LogP contribution in [0.4, 0.5) is 0 Å². The Hall–Kier alpha value is -2.59. The average Bonchev–Trinajstić information content (AvgIpc) is 2.91. The molecule has 3 aromatic rings. The van der Waals surface area contributed by atoms with E-state index in [-0.39, 0.29) is 5.56 Å². The Balaban J connectivity index is 1.75. The summed E-state index contributed by atoms with van der Waals surface area (Å²) in [7, 11) is 0. The number of aromatic amines is 1. The second-order valence-electron chi connectivity index (χ2n) is 5.83. The highest BCUT2D eigenvalue weighted by Gasteiger charge is 2.08. The Labute approximate surface area is 141 Å². The van der Waals surface area contributed by atoms with Crippen LogP contribution in [0.5, 0.6) is 0 Å². The molecule has 0 unspecified atom stereocenters. The SMILES string of the molecule is C=CCOCCCc1ccc2c(c1)c(=O)[nH]n2Cc1ccccc1. The zero-order valence-corrected chi connectivity index (χ0v) is 13.7. The van der Waals surface area contributed by atoms with Crippen LogP contribution in [0.1, 0.15) is 17.5 Å². The second-order valence-corrected chi connectivity index (χ2v) is 5.83. The second kappa shape index (κ2) is 7.79. The average molecular weight is 322 g/mol. The number of nitrogens with one attached hydrogen (secondary N) is 1. The monoisotopic (exact) mass is 322 g/mol. The quantitative estimate of drug-likeness (QED) is 0.509. The van der Waals surface area contributed by atoms with Gasteiger partial charge in [0.25, 0.3) is 5.56 Å². The molecule has 0 aliphatic heterocycles. The predicted molar refractivity (Wildman–Crippen MR) is 97.4 cm³/mol. The molecule has 124 valence electrons. The number of hydrogen-bond acceptors (Lipinski definition) is 2. The first-order chi connectivity index (χ1) is 11.8. The van der Waals surface area contributed by atoms with E-state index in [1.807, 2.05) is 35.0 Å². The number of nitrogens with zero attached hydrogens (tertiary/aromatic N) is 1. The number of benzene rings is 2. The molecule has 0 aliphatic carbocycles. The lowest BCUT2D eigenvalue weighted by Gasteiger charge is -2.06. The van der Waals surface area contributed by atoms with E-state index in [1.54, 1.807) is 6.08 Å². The minimum Gasteiger partial charge on any atom is -0.377 e. The molecule has 1 heterocycles. The van der Waals surface area contributed by atoms with Crippen molar-refractivity contribution in [3.63, 3.8) is 0 Å². The minimum absolute atomic E-state index is 0.0364. The van der Waals surface area contributed by atoms with E-state index in [0.29, 0.717) is 19.8 Å². The Bertz CT molecular complexity index is 862. The number of hydrogen-bond donors (Lipinski definition) is 1. The third-order valence-electron chi connectivity index (χ3n) is 4.01. The standard InChI is InChI=1S/C20H22N2O2/c1-2-12-24-13-6-9-16-10-11-19-18(14-16)20(23)21-22(19)15-17-7-4-3-5-8-17/h2-5,7-8,10-11,14H,1,6,9,12-13,15H2,(H,21,23). The summed E-state index contributed by atoms with van der Waals surface area (Å²) in [6.07, 6.45) is 3.58. The van der Waals surface area contributed by atoms with Gasteiger partial charge in [0, 0.05) is 6.61 Å². The van der Waals surface area contributed by atoms with Gasteiger partial charge in [-0.15, -0.1) is 6.58 Å². The minimum atomic E-state index is -0.0364. The van der Waals surface area contributed by atoms with Crippen molar-refractivity contribution >= 4 is 10.9 Å². The third-order valence-corrected chi connectivity index (χ3v) is 4.01. The van der Waals surface area contributed by atoms with Gasteiger partial charge < -0.3 is 4.74 Å². The van der Waals surface area contributed by atoms with E-state index in [4.69, 9.17) is 4.74 Å². The van der Waals surface area contributed by atoms with Gasteiger partial charge in [-0.3, -0.25) is 14.6 Å². The van der Waals surface area contributed by atoms with Gasteiger partial charge >= 0.3 is 0 Å². The first kappa shape index (κ1) is 16.3. The van der Waals surface area contributed by atoms with E-state index in [0.717, 1.165) is 34.9 Å². The smallest absolute Gasteiger partial charge is 0.271 e. The summed E-state index contributed by atoms with van der Waals surface area (Å²) in [6.45, 7) is 5.58. The van der Waals surface area contributed by atoms with E-state index in [1.165, 1.54) is 0 Å². The molecule has 0 aliphatic rings. The van der Waals surface area contributed by atoms with Crippen LogP contribution in [0.3, 0.4) is 0 Å². The number of rotatable bonds is 8. The topological polar surface area (TPSA) is 47.0 Å². The number of aryl methyl sites for hydroxylation is 1. The van der Waals surface area contributed by atoms with Gasteiger partial charge in [0.2, 0.25) is 0 Å². The molecule has 1 aromatic heterocycles. The highest BCUT2D eigenvalue weighted by Crippen LogP contribution is 2.15. The van der Waals surface area contributed by atoms with E-state index in [2.05, 4.69) is 29.9 Å². The van der Waals surface area contributed by atoms with Crippen LogP contribution < -0.4 is 5.56 Å². The summed E-state index contributed by atoms with van der Waals surface area (Å²) in [4.78, 5) is 12.2. The summed E-state index contributed by atoms with van der Waals surface area (Å²) >= 11 is 0. The molecule has 0 radical (unpaired) electrons. The van der Waals surface area contributed by atoms with Crippen molar-refractivity contribution in [2.75, 3.05) is 13.2 Å². The number of aromatic nitrogens is 2. The molecule has 0 amide bonds. The molecule has 0 fully saturated rings. The first-order valence-electron chi connectivity index (χ1n) is 8.22. The van der Waals surface area contributed by atoms with Gasteiger partial charge in [-0.25, -0.2) is 0 Å². The number of H-pyrrole nitrogens is 1. The summed E-state index contributed by atoms with van der Waals surface area (Å²) in [5.74, 6) is 0. The largest absolute Gasteiger partial charge is 0.377 e.